The number of benzene rings is 4. The highest BCUT2D eigenvalue weighted by molar-refractivity contribution is 5.83. The molecular weight excluding hydrogens is 344 g/mol. The minimum absolute atomic E-state index is 0.300. The molecule has 2 heteroatoms. The predicted molar refractivity (Wildman–Crippen MR) is 116 cm³/mol. The van der Waals surface area contributed by atoms with Crippen LogP contribution in [0.3, 0.4) is 0 Å². The molecule has 28 heavy (non-hydrogen) atoms. The fraction of sp³-hybridized carbons (Fsp3) is 0.0769. The minimum atomic E-state index is 0.300. The summed E-state index contributed by atoms with van der Waals surface area (Å²) in [7, 11) is 0. The molecule has 0 saturated heterocycles. The molecule has 0 spiro atoms. The summed E-state index contributed by atoms with van der Waals surface area (Å²) < 4.78 is 0. The van der Waals surface area contributed by atoms with Crippen LogP contribution in [0, 0.1) is 13.8 Å². The SMILES string of the molecule is Cc1cc(-c2cc(C)c(O)c(-c3ccccc3)c2)cc(-c2ccccc2)c1O. The van der Waals surface area contributed by atoms with Gasteiger partial charge in [0.25, 0.3) is 0 Å². The molecule has 4 aromatic rings. The van der Waals surface area contributed by atoms with Crippen molar-refractivity contribution in [2.45, 2.75) is 13.8 Å². The quantitative estimate of drug-likeness (QED) is 0.423. The largest absolute Gasteiger partial charge is 0.507 e. The second kappa shape index (κ2) is 7.24. The molecule has 0 aromatic heterocycles. The van der Waals surface area contributed by atoms with Crippen LogP contribution in [-0.4, -0.2) is 10.2 Å². The predicted octanol–water partition coefficient (Wildman–Crippen LogP) is 6.72. The van der Waals surface area contributed by atoms with Crippen molar-refractivity contribution in [2.75, 3.05) is 0 Å². The zero-order valence-electron chi connectivity index (χ0n) is 16.0. The topological polar surface area (TPSA) is 40.5 Å². The summed E-state index contributed by atoms with van der Waals surface area (Å²) in [5.41, 5.74) is 7.23. The minimum Gasteiger partial charge on any atom is -0.507 e. The lowest BCUT2D eigenvalue weighted by Crippen LogP contribution is -1.89. The van der Waals surface area contributed by atoms with Crippen LogP contribution in [0.2, 0.25) is 0 Å². The van der Waals surface area contributed by atoms with Gasteiger partial charge in [-0.2, -0.15) is 0 Å². The second-order valence-electron chi connectivity index (χ2n) is 7.11. The third-order valence-corrected chi connectivity index (χ3v) is 5.10. The molecule has 4 aromatic carbocycles. The fourth-order valence-corrected chi connectivity index (χ4v) is 3.57. The third kappa shape index (κ3) is 3.25. The lowest BCUT2D eigenvalue weighted by molar-refractivity contribution is 0.472. The number of aromatic hydroxyl groups is 2. The molecule has 0 amide bonds. The first-order chi connectivity index (χ1) is 13.5. The number of hydrogen-bond acceptors (Lipinski definition) is 2. The summed E-state index contributed by atoms with van der Waals surface area (Å²) in [6.45, 7) is 3.83. The normalized spacial score (nSPS) is 10.8. The Bertz CT molecular complexity index is 1040. The fourth-order valence-electron chi connectivity index (χ4n) is 3.57. The molecule has 0 atom stereocenters. The maximum absolute atomic E-state index is 10.6. The number of phenols is 2. The van der Waals surface area contributed by atoms with E-state index in [2.05, 4.69) is 0 Å². The highest BCUT2D eigenvalue weighted by Crippen LogP contribution is 2.40. The van der Waals surface area contributed by atoms with Gasteiger partial charge in [0.2, 0.25) is 0 Å². The molecule has 0 fully saturated rings. The van der Waals surface area contributed by atoms with Gasteiger partial charge in [-0.05, 0) is 71.5 Å². The van der Waals surface area contributed by atoms with E-state index in [1.54, 1.807) is 0 Å². The zero-order valence-corrected chi connectivity index (χ0v) is 16.0. The summed E-state index contributed by atoms with van der Waals surface area (Å²) in [5.74, 6) is 0.600. The van der Waals surface area contributed by atoms with Gasteiger partial charge in [0.1, 0.15) is 11.5 Å². The van der Waals surface area contributed by atoms with E-state index in [9.17, 15) is 10.2 Å². The van der Waals surface area contributed by atoms with E-state index in [-0.39, 0.29) is 0 Å². The van der Waals surface area contributed by atoms with Crippen LogP contribution in [0.25, 0.3) is 33.4 Å². The molecule has 138 valence electrons. The first-order valence-corrected chi connectivity index (χ1v) is 9.33. The van der Waals surface area contributed by atoms with Crippen LogP contribution in [-0.2, 0) is 0 Å². The van der Waals surface area contributed by atoms with Crippen LogP contribution >= 0.6 is 0 Å². The first-order valence-electron chi connectivity index (χ1n) is 9.33. The molecule has 0 unspecified atom stereocenters. The van der Waals surface area contributed by atoms with Crippen molar-refractivity contribution in [1.82, 2.24) is 0 Å². The van der Waals surface area contributed by atoms with Crippen LogP contribution in [0.4, 0.5) is 0 Å². The molecule has 2 N–H and O–H groups in total. The number of aryl methyl sites for hydroxylation is 2. The Morgan fingerprint density at radius 2 is 0.821 bits per heavy atom. The smallest absolute Gasteiger partial charge is 0.126 e. The highest BCUT2D eigenvalue weighted by atomic mass is 16.3. The van der Waals surface area contributed by atoms with Gasteiger partial charge in [-0.3, -0.25) is 0 Å². The highest BCUT2D eigenvalue weighted by Gasteiger charge is 2.14. The molecular formula is C26H22O2. The van der Waals surface area contributed by atoms with E-state index in [4.69, 9.17) is 0 Å². The van der Waals surface area contributed by atoms with E-state index in [0.717, 1.165) is 44.5 Å². The lowest BCUT2D eigenvalue weighted by Gasteiger charge is -2.15. The summed E-state index contributed by atoms with van der Waals surface area (Å²) >= 11 is 0. The molecule has 4 rings (SSSR count). The molecule has 0 heterocycles. The van der Waals surface area contributed by atoms with Crippen molar-refractivity contribution in [3.05, 3.63) is 96.1 Å². The Morgan fingerprint density at radius 1 is 0.464 bits per heavy atom. The van der Waals surface area contributed by atoms with Crippen molar-refractivity contribution >= 4 is 0 Å². The monoisotopic (exact) mass is 366 g/mol. The van der Waals surface area contributed by atoms with Gasteiger partial charge in [-0.1, -0.05) is 60.7 Å². The van der Waals surface area contributed by atoms with Gasteiger partial charge >= 0.3 is 0 Å². The van der Waals surface area contributed by atoms with E-state index in [1.165, 1.54) is 0 Å². The van der Waals surface area contributed by atoms with Crippen LogP contribution in [0.5, 0.6) is 11.5 Å². The number of hydrogen-bond donors (Lipinski definition) is 2. The van der Waals surface area contributed by atoms with Crippen molar-refractivity contribution in [1.29, 1.82) is 0 Å². The molecule has 0 aliphatic heterocycles. The van der Waals surface area contributed by atoms with Gasteiger partial charge in [-0.25, -0.2) is 0 Å². The number of rotatable bonds is 3. The molecule has 0 saturated carbocycles. The Kier molecular flexibility index (Phi) is 4.62. The standard InChI is InChI=1S/C26H22O2/c1-17-13-21(15-23(25(17)27)19-9-5-3-6-10-19)22-14-18(2)26(28)24(16-22)20-11-7-4-8-12-20/h3-16,27-28H,1-2H3. The molecule has 0 aliphatic carbocycles. The first kappa shape index (κ1) is 17.9. The maximum atomic E-state index is 10.6. The van der Waals surface area contributed by atoms with Gasteiger partial charge in [-0.15, -0.1) is 0 Å². The Hall–Kier alpha value is -3.52. The van der Waals surface area contributed by atoms with Crippen LogP contribution in [0.15, 0.2) is 84.9 Å². The third-order valence-electron chi connectivity index (χ3n) is 5.10. The van der Waals surface area contributed by atoms with Crippen LogP contribution < -0.4 is 0 Å². The van der Waals surface area contributed by atoms with E-state index in [1.807, 2.05) is 98.8 Å². The molecule has 2 nitrogen and oxygen atoms in total. The Morgan fingerprint density at radius 3 is 1.18 bits per heavy atom. The van der Waals surface area contributed by atoms with Crippen molar-refractivity contribution < 1.29 is 10.2 Å². The zero-order chi connectivity index (χ0) is 19.7. The lowest BCUT2D eigenvalue weighted by atomic mass is 9.92. The van der Waals surface area contributed by atoms with Gasteiger partial charge < -0.3 is 10.2 Å². The van der Waals surface area contributed by atoms with Crippen LogP contribution in [0.1, 0.15) is 11.1 Å². The summed E-state index contributed by atoms with van der Waals surface area (Å²) in [4.78, 5) is 0. The summed E-state index contributed by atoms with van der Waals surface area (Å²) in [6, 6.07) is 27.8. The Balaban J connectivity index is 1.91. The van der Waals surface area contributed by atoms with E-state index in [0.29, 0.717) is 11.5 Å². The Labute approximate surface area is 165 Å². The van der Waals surface area contributed by atoms with Gasteiger partial charge in [0.05, 0.1) is 0 Å². The molecule has 0 aliphatic rings. The van der Waals surface area contributed by atoms with Crippen molar-refractivity contribution in [3.8, 4) is 44.9 Å². The molecule has 0 bridgehead atoms. The second-order valence-corrected chi connectivity index (χ2v) is 7.11. The average Bonchev–Trinajstić information content (AvgIpc) is 2.73. The number of phenolic OH excluding ortho intramolecular Hbond substituents is 2. The van der Waals surface area contributed by atoms with Crippen molar-refractivity contribution in [3.63, 3.8) is 0 Å². The van der Waals surface area contributed by atoms with Gasteiger partial charge in [0.15, 0.2) is 0 Å². The van der Waals surface area contributed by atoms with Gasteiger partial charge in [0, 0.05) is 11.1 Å². The summed E-state index contributed by atoms with van der Waals surface area (Å²) in [6.07, 6.45) is 0. The summed E-state index contributed by atoms with van der Waals surface area (Å²) in [5, 5.41) is 21.2. The van der Waals surface area contributed by atoms with Crippen molar-refractivity contribution in [2.24, 2.45) is 0 Å². The van der Waals surface area contributed by atoms with E-state index >= 15 is 0 Å². The molecule has 0 radical (unpaired) electrons. The van der Waals surface area contributed by atoms with E-state index < -0.39 is 0 Å². The maximum Gasteiger partial charge on any atom is 0.126 e. The average molecular weight is 366 g/mol.